The molecule has 0 spiro atoms. The van der Waals surface area contributed by atoms with Crippen molar-refractivity contribution < 1.29 is 0 Å². The molecular weight excluding hydrogens is 591 g/mol. The molecule has 0 N–H and O–H groups in total. The third-order valence-corrected chi connectivity index (χ3v) is 11.1. The zero-order valence-electron chi connectivity index (χ0n) is 26.0. The molecule has 0 unspecified atom stereocenters. The fourth-order valence-electron chi connectivity index (χ4n) is 7.88. The molecule has 3 heterocycles. The van der Waals surface area contributed by atoms with Crippen LogP contribution in [0.25, 0.3) is 81.6 Å². The van der Waals surface area contributed by atoms with E-state index in [0.717, 1.165) is 38.5 Å². The molecule has 10 rings (SSSR count). The summed E-state index contributed by atoms with van der Waals surface area (Å²) in [5.74, 6) is 0.737. The van der Waals surface area contributed by atoms with Gasteiger partial charge in [-0.25, -0.2) is 9.97 Å². The number of hydrogen-bond donors (Lipinski definition) is 0. The number of hydrogen-bond acceptors (Lipinski definition) is 3. The van der Waals surface area contributed by atoms with Gasteiger partial charge in [-0.15, -0.1) is 11.3 Å². The van der Waals surface area contributed by atoms with Gasteiger partial charge < -0.3 is 4.57 Å². The average Bonchev–Trinajstić information content (AvgIpc) is 3.74. The number of rotatable bonds is 3. The molecule has 4 heteroatoms. The summed E-state index contributed by atoms with van der Waals surface area (Å²) in [7, 11) is 0. The summed E-state index contributed by atoms with van der Waals surface area (Å²) in [6.45, 7) is 4.74. The van der Waals surface area contributed by atoms with Gasteiger partial charge in [-0.1, -0.05) is 129 Å². The predicted octanol–water partition coefficient (Wildman–Crippen LogP) is 11.6. The molecule has 0 atom stereocenters. The van der Waals surface area contributed by atoms with E-state index < -0.39 is 0 Å². The van der Waals surface area contributed by atoms with Gasteiger partial charge in [-0.05, 0) is 46.5 Å². The van der Waals surface area contributed by atoms with E-state index in [2.05, 4.69) is 158 Å². The van der Waals surface area contributed by atoms with Gasteiger partial charge in [0.1, 0.15) is 0 Å². The van der Waals surface area contributed by atoms with Crippen molar-refractivity contribution in [3.8, 4) is 39.5 Å². The molecule has 1 aliphatic carbocycles. The van der Waals surface area contributed by atoms with Crippen LogP contribution in [-0.2, 0) is 5.41 Å². The van der Waals surface area contributed by atoms with Crippen LogP contribution in [0.3, 0.4) is 0 Å². The van der Waals surface area contributed by atoms with Crippen molar-refractivity contribution in [2.75, 3.05) is 0 Å². The number of nitrogens with zero attached hydrogens (tertiary/aromatic N) is 3. The maximum Gasteiger partial charge on any atom is 0.160 e. The third-order valence-electron chi connectivity index (χ3n) is 9.98. The number of aromatic nitrogens is 3. The quantitative estimate of drug-likeness (QED) is 0.197. The Morgan fingerprint density at radius 1 is 0.596 bits per heavy atom. The lowest BCUT2D eigenvalue weighted by Crippen LogP contribution is -2.16. The molecule has 6 aromatic carbocycles. The fourth-order valence-corrected chi connectivity index (χ4v) is 9.03. The van der Waals surface area contributed by atoms with Crippen LogP contribution in [0, 0.1) is 0 Å². The van der Waals surface area contributed by atoms with Gasteiger partial charge in [0, 0.05) is 43.1 Å². The zero-order chi connectivity index (χ0) is 31.3. The second-order valence-electron chi connectivity index (χ2n) is 13.0. The fraction of sp³-hybridized carbons (Fsp3) is 0.0698. The van der Waals surface area contributed by atoms with Crippen LogP contribution in [0.4, 0.5) is 0 Å². The van der Waals surface area contributed by atoms with Crippen molar-refractivity contribution >= 4 is 53.4 Å². The van der Waals surface area contributed by atoms with E-state index in [1.807, 2.05) is 0 Å². The van der Waals surface area contributed by atoms with E-state index in [9.17, 15) is 0 Å². The van der Waals surface area contributed by atoms with Crippen LogP contribution in [0.15, 0.2) is 140 Å². The van der Waals surface area contributed by atoms with E-state index in [1.54, 1.807) is 11.3 Å². The minimum absolute atomic E-state index is 0.145. The molecule has 0 fully saturated rings. The van der Waals surface area contributed by atoms with Crippen molar-refractivity contribution in [2.45, 2.75) is 19.3 Å². The maximum atomic E-state index is 5.28. The minimum Gasteiger partial charge on any atom is -0.309 e. The molecule has 1 aliphatic rings. The first kappa shape index (κ1) is 26.6. The van der Waals surface area contributed by atoms with E-state index in [0.29, 0.717) is 0 Å². The van der Waals surface area contributed by atoms with Crippen molar-refractivity contribution in [3.63, 3.8) is 0 Å². The second-order valence-corrected chi connectivity index (χ2v) is 14.0. The van der Waals surface area contributed by atoms with Crippen LogP contribution >= 0.6 is 11.3 Å². The standard InChI is InChI=1S/C43H29N3S/c1-43(2)34-20-9-6-17-29(34)31-23-24-32-30-18-7-10-21-35(30)46(40(32)37(31)43)28-16-12-15-27(25-28)42-44-38(26-13-4-3-5-14-26)41-39(45-42)33-19-8-11-22-36(33)47-41/h3-25H,1-2H3. The number of para-hydroxylation sites is 1. The topological polar surface area (TPSA) is 30.7 Å². The lowest BCUT2D eigenvalue weighted by atomic mass is 9.81. The summed E-state index contributed by atoms with van der Waals surface area (Å²) in [5, 5.41) is 3.71. The number of fused-ring (bicyclic) bond motifs is 10. The van der Waals surface area contributed by atoms with Crippen LogP contribution in [0.2, 0.25) is 0 Å². The van der Waals surface area contributed by atoms with Gasteiger partial charge >= 0.3 is 0 Å². The summed E-state index contributed by atoms with van der Waals surface area (Å²) in [6.07, 6.45) is 0. The molecule has 0 amide bonds. The number of benzene rings is 6. The van der Waals surface area contributed by atoms with Crippen molar-refractivity contribution in [2.24, 2.45) is 0 Å². The SMILES string of the molecule is CC1(C)c2ccccc2-c2ccc3c4ccccc4n(-c4cccc(-c5nc(-c6ccccc6)c6sc7ccccc7c6n5)c4)c3c21. The predicted molar refractivity (Wildman–Crippen MR) is 198 cm³/mol. The first-order valence-electron chi connectivity index (χ1n) is 16.1. The zero-order valence-corrected chi connectivity index (χ0v) is 26.8. The summed E-state index contributed by atoms with van der Waals surface area (Å²) >= 11 is 1.77. The normalized spacial score (nSPS) is 13.5. The van der Waals surface area contributed by atoms with E-state index >= 15 is 0 Å². The van der Waals surface area contributed by atoms with Crippen molar-refractivity contribution in [1.82, 2.24) is 14.5 Å². The first-order chi connectivity index (χ1) is 23.1. The van der Waals surface area contributed by atoms with E-state index in [1.165, 1.54) is 54.1 Å². The summed E-state index contributed by atoms with van der Waals surface area (Å²) in [4.78, 5) is 10.5. The van der Waals surface area contributed by atoms with Crippen LogP contribution < -0.4 is 0 Å². The Morgan fingerprint density at radius 2 is 1.34 bits per heavy atom. The second kappa shape index (κ2) is 9.71. The van der Waals surface area contributed by atoms with Crippen LogP contribution in [0.5, 0.6) is 0 Å². The molecule has 9 aromatic rings. The molecule has 222 valence electrons. The minimum atomic E-state index is -0.145. The number of thiophene rings is 1. The highest BCUT2D eigenvalue weighted by Gasteiger charge is 2.38. The molecule has 0 saturated carbocycles. The summed E-state index contributed by atoms with van der Waals surface area (Å²) in [6, 6.07) is 50.2. The Balaban J connectivity index is 1.25. The molecule has 3 aromatic heterocycles. The largest absolute Gasteiger partial charge is 0.309 e. The highest BCUT2D eigenvalue weighted by Crippen LogP contribution is 2.53. The van der Waals surface area contributed by atoms with Gasteiger partial charge in [0.05, 0.1) is 26.9 Å². The van der Waals surface area contributed by atoms with Crippen molar-refractivity contribution in [3.05, 3.63) is 151 Å². The highest BCUT2D eigenvalue weighted by molar-refractivity contribution is 7.26. The smallest absolute Gasteiger partial charge is 0.160 e. The Morgan fingerprint density at radius 3 is 2.23 bits per heavy atom. The average molecular weight is 620 g/mol. The lowest BCUT2D eigenvalue weighted by Gasteiger charge is -2.23. The molecule has 0 bridgehead atoms. The highest BCUT2D eigenvalue weighted by atomic mass is 32.1. The summed E-state index contributed by atoms with van der Waals surface area (Å²) < 4.78 is 4.82. The Labute approximate surface area is 276 Å². The van der Waals surface area contributed by atoms with Crippen LogP contribution in [-0.4, -0.2) is 14.5 Å². The molecule has 0 aliphatic heterocycles. The first-order valence-corrected chi connectivity index (χ1v) is 16.9. The van der Waals surface area contributed by atoms with Gasteiger partial charge in [-0.2, -0.15) is 0 Å². The Kier molecular flexibility index (Phi) is 5.50. The molecule has 0 saturated heterocycles. The monoisotopic (exact) mass is 619 g/mol. The third kappa shape index (κ3) is 3.73. The molecular formula is C43H29N3S. The summed E-state index contributed by atoms with van der Waals surface area (Å²) in [5.41, 5.74) is 12.9. The maximum absolute atomic E-state index is 5.28. The van der Waals surface area contributed by atoms with Gasteiger partial charge in [0.25, 0.3) is 0 Å². The molecule has 0 radical (unpaired) electrons. The van der Waals surface area contributed by atoms with Gasteiger partial charge in [-0.3, -0.25) is 0 Å². The molecule has 3 nitrogen and oxygen atoms in total. The van der Waals surface area contributed by atoms with Crippen LogP contribution in [0.1, 0.15) is 25.0 Å². The van der Waals surface area contributed by atoms with E-state index in [-0.39, 0.29) is 5.41 Å². The van der Waals surface area contributed by atoms with E-state index in [4.69, 9.17) is 9.97 Å². The Hall–Kier alpha value is -5.58. The van der Waals surface area contributed by atoms with Gasteiger partial charge in [0.15, 0.2) is 5.82 Å². The lowest BCUT2D eigenvalue weighted by molar-refractivity contribution is 0.664. The van der Waals surface area contributed by atoms with Crippen molar-refractivity contribution in [1.29, 1.82) is 0 Å². The van der Waals surface area contributed by atoms with Gasteiger partial charge in [0.2, 0.25) is 0 Å². The molecule has 47 heavy (non-hydrogen) atoms. The Bertz CT molecular complexity index is 2710.